The minimum Gasteiger partial charge on any atom is -0.493 e. The molecule has 0 saturated carbocycles. The van der Waals surface area contributed by atoms with Crippen LogP contribution >= 0.6 is 0 Å². The van der Waals surface area contributed by atoms with Crippen molar-refractivity contribution in [3.63, 3.8) is 0 Å². The van der Waals surface area contributed by atoms with E-state index in [9.17, 15) is 14.7 Å². The van der Waals surface area contributed by atoms with Crippen LogP contribution in [0.15, 0.2) is 36.4 Å². The standard InChI is InChI=1S/C27H36N2O4/c1-5-33-25-19(4)20(13-14-22(25)27(31)32)26(30)28-23(17-18(2)3)21-11-7-8-12-24(21)29-15-9-6-10-16-29/h7-8,11-14,18,23H,5-6,9-10,15-17H2,1-4H3,(H,28,30)(H,31,32). The molecule has 1 fully saturated rings. The third-order valence-corrected chi connectivity index (χ3v) is 6.19. The Labute approximate surface area is 196 Å². The van der Waals surface area contributed by atoms with Gasteiger partial charge in [0.05, 0.1) is 12.6 Å². The molecule has 0 aromatic heterocycles. The summed E-state index contributed by atoms with van der Waals surface area (Å²) in [5.41, 5.74) is 3.37. The molecule has 1 heterocycles. The van der Waals surface area contributed by atoms with Crippen LogP contribution in [0.25, 0.3) is 0 Å². The van der Waals surface area contributed by atoms with E-state index in [1.54, 1.807) is 19.9 Å². The van der Waals surface area contributed by atoms with Crippen LogP contribution in [0.5, 0.6) is 5.75 Å². The third kappa shape index (κ3) is 5.86. The number of carbonyl (C=O) groups excluding carboxylic acids is 1. The number of aromatic carboxylic acids is 1. The van der Waals surface area contributed by atoms with Crippen LogP contribution in [0.3, 0.4) is 0 Å². The van der Waals surface area contributed by atoms with Crippen LogP contribution in [-0.4, -0.2) is 36.7 Å². The summed E-state index contributed by atoms with van der Waals surface area (Å²) in [4.78, 5) is 27.5. The molecule has 33 heavy (non-hydrogen) atoms. The minimum atomic E-state index is -1.07. The molecule has 0 aliphatic carbocycles. The van der Waals surface area contributed by atoms with Crippen molar-refractivity contribution in [2.24, 2.45) is 5.92 Å². The van der Waals surface area contributed by atoms with Gasteiger partial charge in [-0.3, -0.25) is 4.79 Å². The second kappa shape index (κ2) is 11.2. The fourth-order valence-electron chi connectivity index (χ4n) is 4.61. The van der Waals surface area contributed by atoms with Crippen molar-refractivity contribution in [2.45, 2.75) is 59.4 Å². The Balaban J connectivity index is 1.94. The molecule has 1 unspecified atom stereocenters. The Morgan fingerprint density at radius 1 is 1.06 bits per heavy atom. The van der Waals surface area contributed by atoms with Gasteiger partial charge >= 0.3 is 5.97 Å². The predicted octanol–water partition coefficient (Wildman–Crippen LogP) is 5.60. The van der Waals surface area contributed by atoms with E-state index >= 15 is 0 Å². The number of carbonyl (C=O) groups is 2. The number of benzene rings is 2. The highest BCUT2D eigenvalue weighted by Crippen LogP contribution is 2.33. The van der Waals surface area contributed by atoms with Gasteiger partial charge in [0.2, 0.25) is 0 Å². The van der Waals surface area contributed by atoms with Gasteiger partial charge in [0, 0.05) is 29.9 Å². The number of carboxylic acid groups (broad SMARTS) is 1. The zero-order valence-electron chi connectivity index (χ0n) is 20.2. The number of anilines is 1. The number of ether oxygens (including phenoxy) is 1. The highest BCUT2D eigenvalue weighted by atomic mass is 16.5. The summed E-state index contributed by atoms with van der Waals surface area (Å²) in [6, 6.07) is 11.2. The number of para-hydroxylation sites is 1. The van der Waals surface area contributed by atoms with Gasteiger partial charge in [0.1, 0.15) is 11.3 Å². The molecular weight excluding hydrogens is 416 g/mol. The van der Waals surface area contributed by atoms with Crippen LogP contribution in [0.1, 0.15) is 84.3 Å². The lowest BCUT2D eigenvalue weighted by molar-refractivity contribution is 0.0691. The smallest absolute Gasteiger partial charge is 0.339 e. The average molecular weight is 453 g/mol. The maximum Gasteiger partial charge on any atom is 0.339 e. The lowest BCUT2D eigenvalue weighted by atomic mass is 9.93. The van der Waals surface area contributed by atoms with Gasteiger partial charge in [0.15, 0.2) is 0 Å². The van der Waals surface area contributed by atoms with E-state index in [1.165, 1.54) is 31.0 Å². The molecule has 0 bridgehead atoms. The van der Waals surface area contributed by atoms with Gasteiger partial charge in [-0.25, -0.2) is 4.79 Å². The third-order valence-electron chi connectivity index (χ3n) is 6.19. The minimum absolute atomic E-state index is 0.0695. The van der Waals surface area contributed by atoms with Crippen molar-refractivity contribution in [3.8, 4) is 5.75 Å². The SMILES string of the molecule is CCOc1c(C(=O)O)ccc(C(=O)NC(CC(C)C)c2ccccc2N2CCCCC2)c1C. The molecule has 6 heteroatoms. The normalized spacial score (nSPS) is 14.8. The average Bonchev–Trinajstić information content (AvgIpc) is 2.80. The van der Waals surface area contributed by atoms with Crippen LogP contribution in [0, 0.1) is 12.8 Å². The molecular formula is C27H36N2O4. The van der Waals surface area contributed by atoms with Gasteiger partial charge < -0.3 is 20.1 Å². The lowest BCUT2D eigenvalue weighted by Gasteiger charge is -2.33. The second-order valence-electron chi connectivity index (χ2n) is 9.12. The van der Waals surface area contributed by atoms with Crippen LogP contribution in [0.4, 0.5) is 5.69 Å². The molecule has 1 aliphatic heterocycles. The summed E-state index contributed by atoms with van der Waals surface area (Å²) in [7, 11) is 0. The molecule has 2 aromatic rings. The number of carboxylic acids is 1. The molecule has 178 valence electrons. The molecule has 6 nitrogen and oxygen atoms in total. The molecule has 0 spiro atoms. The molecule has 2 N–H and O–H groups in total. The van der Waals surface area contributed by atoms with Gasteiger partial charge in [-0.2, -0.15) is 0 Å². The summed E-state index contributed by atoms with van der Waals surface area (Å²) in [6.45, 7) is 10.2. The number of hydrogen-bond donors (Lipinski definition) is 2. The summed E-state index contributed by atoms with van der Waals surface area (Å²) in [5.74, 6) is -0.642. The number of nitrogens with one attached hydrogen (secondary N) is 1. The van der Waals surface area contributed by atoms with E-state index in [0.29, 0.717) is 23.7 Å². The predicted molar refractivity (Wildman–Crippen MR) is 131 cm³/mol. The fourth-order valence-corrected chi connectivity index (χ4v) is 4.61. The van der Waals surface area contributed by atoms with Crippen LogP contribution < -0.4 is 15.0 Å². The van der Waals surface area contributed by atoms with E-state index in [4.69, 9.17) is 4.74 Å². The molecule has 0 radical (unpaired) electrons. The van der Waals surface area contributed by atoms with E-state index in [0.717, 1.165) is 25.1 Å². The van der Waals surface area contributed by atoms with Gasteiger partial charge in [-0.1, -0.05) is 32.0 Å². The molecule has 1 saturated heterocycles. The Morgan fingerprint density at radius 3 is 2.36 bits per heavy atom. The quantitative estimate of drug-likeness (QED) is 0.518. The number of piperidine rings is 1. The van der Waals surface area contributed by atoms with Crippen molar-refractivity contribution in [1.29, 1.82) is 0 Å². The first-order valence-electron chi connectivity index (χ1n) is 12.0. The van der Waals surface area contributed by atoms with E-state index in [-0.39, 0.29) is 23.3 Å². The van der Waals surface area contributed by atoms with Crippen LogP contribution in [-0.2, 0) is 0 Å². The summed E-state index contributed by atoms with van der Waals surface area (Å²) >= 11 is 0. The highest BCUT2D eigenvalue weighted by Gasteiger charge is 2.25. The number of nitrogens with zero attached hydrogens (tertiary/aromatic N) is 1. The van der Waals surface area contributed by atoms with Crippen molar-refractivity contribution in [2.75, 3.05) is 24.6 Å². The summed E-state index contributed by atoms with van der Waals surface area (Å²) in [5, 5.41) is 12.8. The zero-order chi connectivity index (χ0) is 24.0. The van der Waals surface area contributed by atoms with E-state index in [1.807, 2.05) is 6.07 Å². The van der Waals surface area contributed by atoms with E-state index in [2.05, 4.69) is 42.3 Å². The first kappa shape index (κ1) is 24.6. The molecule has 1 amide bonds. The fraction of sp³-hybridized carbons (Fsp3) is 0.481. The number of hydrogen-bond acceptors (Lipinski definition) is 4. The Kier molecular flexibility index (Phi) is 8.37. The molecule has 3 rings (SSSR count). The summed E-state index contributed by atoms with van der Waals surface area (Å²) < 4.78 is 5.61. The monoisotopic (exact) mass is 452 g/mol. The first-order chi connectivity index (χ1) is 15.8. The highest BCUT2D eigenvalue weighted by molar-refractivity contribution is 5.99. The number of rotatable bonds is 9. The van der Waals surface area contributed by atoms with Gasteiger partial charge in [-0.05, 0) is 69.2 Å². The van der Waals surface area contributed by atoms with Gasteiger partial charge in [-0.15, -0.1) is 0 Å². The van der Waals surface area contributed by atoms with Crippen LogP contribution in [0.2, 0.25) is 0 Å². The Morgan fingerprint density at radius 2 is 1.73 bits per heavy atom. The first-order valence-corrected chi connectivity index (χ1v) is 12.0. The number of amides is 1. The summed E-state index contributed by atoms with van der Waals surface area (Å²) in [6.07, 6.45) is 4.44. The molecule has 1 atom stereocenters. The second-order valence-corrected chi connectivity index (χ2v) is 9.12. The zero-order valence-corrected chi connectivity index (χ0v) is 20.2. The lowest BCUT2D eigenvalue weighted by Crippen LogP contribution is -2.34. The van der Waals surface area contributed by atoms with Crippen molar-refractivity contribution in [3.05, 3.63) is 58.7 Å². The maximum absolute atomic E-state index is 13.4. The van der Waals surface area contributed by atoms with E-state index < -0.39 is 5.97 Å². The largest absolute Gasteiger partial charge is 0.493 e. The Bertz CT molecular complexity index is 980. The van der Waals surface area contributed by atoms with Crippen molar-refractivity contribution < 1.29 is 19.4 Å². The maximum atomic E-state index is 13.4. The van der Waals surface area contributed by atoms with Gasteiger partial charge in [0.25, 0.3) is 5.91 Å². The van der Waals surface area contributed by atoms with Crippen molar-refractivity contribution >= 4 is 17.6 Å². The Hall–Kier alpha value is -3.02. The molecule has 1 aliphatic rings. The molecule has 2 aromatic carbocycles. The topological polar surface area (TPSA) is 78.9 Å². The van der Waals surface area contributed by atoms with Crippen molar-refractivity contribution in [1.82, 2.24) is 5.32 Å².